The first-order chi connectivity index (χ1) is 5.40. The summed E-state index contributed by atoms with van der Waals surface area (Å²) in [4.78, 5) is 18.0. The van der Waals surface area contributed by atoms with Gasteiger partial charge in [-0.25, -0.2) is 9.50 Å². The summed E-state index contributed by atoms with van der Waals surface area (Å²) in [5, 5.41) is 3.81. The number of hydrogen-bond donors (Lipinski definition) is 0. The van der Waals surface area contributed by atoms with Crippen LogP contribution >= 0.6 is 0 Å². The summed E-state index contributed by atoms with van der Waals surface area (Å²) in [7, 11) is 0. The van der Waals surface area contributed by atoms with Gasteiger partial charge in [-0.05, 0) is 0 Å². The molecular formula is C6H4N4O. The van der Waals surface area contributed by atoms with Crippen LogP contribution in [0, 0.1) is 0 Å². The Labute approximate surface area is 61.7 Å². The minimum atomic E-state index is 0.489. The van der Waals surface area contributed by atoms with Crippen molar-refractivity contribution in [1.29, 1.82) is 0 Å². The Balaban J connectivity index is 2.76. The lowest BCUT2D eigenvalue weighted by molar-refractivity contribution is 0.112. The Kier molecular flexibility index (Phi) is 1.15. The molecule has 2 heterocycles. The molecule has 2 rings (SSSR count). The smallest absolute Gasteiger partial charge is 0.252 e. The van der Waals surface area contributed by atoms with Crippen LogP contribution in [0.5, 0.6) is 0 Å². The molecule has 2 aromatic heterocycles. The van der Waals surface area contributed by atoms with Gasteiger partial charge in [-0.2, -0.15) is 10.1 Å². The number of aldehydes is 1. The maximum Gasteiger partial charge on any atom is 0.252 e. The quantitative estimate of drug-likeness (QED) is 0.531. The average Bonchev–Trinajstić information content (AvgIpc) is 2.50. The number of carbonyl (C=O) groups is 1. The molecular weight excluding hydrogens is 144 g/mol. The average molecular weight is 148 g/mol. The summed E-state index contributed by atoms with van der Waals surface area (Å²) < 4.78 is 1.45. The van der Waals surface area contributed by atoms with E-state index in [0.29, 0.717) is 17.6 Å². The van der Waals surface area contributed by atoms with Gasteiger partial charge >= 0.3 is 0 Å². The lowest BCUT2D eigenvalue weighted by Gasteiger charge is -1.89. The number of carbonyl (C=O) groups excluding carboxylic acids is 1. The van der Waals surface area contributed by atoms with Crippen LogP contribution in [0.25, 0.3) is 5.78 Å². The molecule has 0 aliphatic carbocycles. The van der Waals surface area contributed by atoms with Crippen LogP contribution in [0.3, 0.4) is 0 Å². The first-order valence-electron chi connectivity index (χ1n) is 3.01. The summed E-state index contributed by atoms with van der Waals surface area (Å²) in [5.74, 6) is 0.496. The maximum absolute atomic E-state index is 10.3. The van der Waals surface area contributed by atoms with E-state index in [1.54, 1.807) is 6.20 Å². The molecule has 5 nitrogen and oxygen atoms in total. The third-order valence-electron chi connectivity index (χ3n) is 1.29. The van der Waals surface area contributed by atoms with Crippen LogP contribution in [-0.4, -0.2) is 25.9 Å². The molecule has 2 aromatic rings. The van der Waals surface area contributed by atoms with Crippen molar-refractivity contribution in [1.82, 2.24) is 19.6 Å². The Hall–Kier alpha value is -1.78. The van der Waals surface area contributed by atoms with E-state index in [1.807, 2.05) is 0 Å². The molecule has 0 radical (unpaired) electrons. The van der Waals surface area contributed by atoms with Crippen molar-refractivity contribution in [3.8, 4) is 0 Å². The van der Waals surface area contributed by atoms with Gasteiger partial charge < -0.3 is 0 Å². The molecule has 54 valence electrons. The molecule has 0 unspecified atom stereocenters. The summed E-state index contributed by atoms with van der Waals surface area (Å²) in [5.41, 5.74) is 0.489. The fourth-order valence-corrected chi connectivity index (χ4v) is 0.795. The SMILES string of the molecule is O=Cc1cnc2ncnn2c1. The zero-order valence-corrected chi connectivity index (χ0v) is 5.51. The Morgan fingerprint density at radius 2 is 2.36 bits per heavy atom. The molecule has 5 heteroatoms. The fraction of sp³-hybridized carbons (Fsp3) is 0. The minimum Gasteiger partial charge on any atom is -0.298 e. The molecule has 0 atom stereocenters. The molecule has 0 spiro atoms. The largest absolute Gasteiger partial charge is 0.298 e. The van der Waals surface area contributed by atoms with E-state index in [9.17, 15) is 4.79 Å². The van der Waals surface area contributed by atoms with Crippen molar-refractivity contribution >= 4 is 12.1 Å². The van der Waals surface area contributed by atoms with E-state index in [1.165, 1.54) is 17.0 Å². The van der Waals surface area contributed by atoms with E-state index in [0.717, 1.165) is 0 Å². The van der Waals surface area contributed by atoms with Crippen LogP contribution < -0.4 is 0 Å². The molecule has 0 aliphatic heterocycles. The summed E-state index contributed by atoms with van der Waals surface area (Å²) >= 11 is 0. The number of nitrogens with zero attached hydrogens (tertiary/aromatic N) is 4. The molecule has 11 heavy (non-hydrogen) atoms. The lowest BCUT2D eigenvalue weighted by atomic mass is 10.4. The topological polar surface area (TPSA) is 60.2 Å². The summed E-state index contributed by atoms with van der Waals surface area (Å²) in [6, 6.07) is 0. The standard InChI is InChI=1S/C6H4N4O/c11-3-5-1-7-6-8-4-9-10(6)2-5/h1-4H. The van der Waals surface area contributed by atoms with E-state index in [4.69, 9.17) is 0 Å². The van der Waals surface area contributed by atoms with Crippen LogP contribution in [-0.2, 0) is 0 Å². The first-order valence-corrected chi connectivity index (χ1v) is 3.01. The molecule has 0 fully saturated rings. The van der Waals surface area contributed by atoms with Gasteiger partial charge in [0.15, 0.2) is 6.29 Å². The van der Waals surface area contributed by atoms with E-state index >= 15 is 0 Å². The second kappa shape index (κ2) is 2.12. The highest BCUT2D eigenvalue weighted by molar-refractivity contribution is 5.73. The molecule has 0 saturated carbocycles. The molecule has 0 amide bonds. The zero-order valence-electron chi connectivity index (χ0n) is 5.51. The highest BCUT2D eigenvalue weighted by Crippen LogP contribution is 1.94. The van der Waals surface area contributed by atoms with Crippen LogP contribution in [0.4, 0.5) is 0 Å². The van der Waals surface area contributed by atoms with Gasteiger partial charge in [0.05, 0.1) is 5.56 Å². The van der Waals surface area contributed by atoms with Crippen molar-refractivity contribution in [2.45, 2.75) is 0 Å². The molecule has 0 N–H and O–H groups in total. The van der Waals surface area contributed by atoms with Gasteiger partial charge in [0, 0.05) is 12.4 Å². The van der Waals surface area contributed by atoms with Gasteiger partial charge in [0.2, 0.25) is 0 Å². The van der Waals surface area contributed by atoms with E-state index in [-0.39, 0.29) is 0 Å². The third-order valence-corrected chi connectivity index (χ3v) is 1.29. The van der Waals surface area contributed by atoms with Crippen molar-refractivity contribution in [3.05, 3.63) is 24.3 Å². The summed E-state index contributed by atoms with van der Waals surface area (Å²) in [6.07, 6.45) is 5.13. The zero-order chi connectivity index (χ0) is 7.68. The summed E-state index contributed by atoms with van der Waals surface area (Å²) in [6.45, 7) is 0. The van der Waals surface area contributed by atoms with Gasteiger partial charge in [-0.15, -0.1) is 0 Å². The van der Waals surface area contributed by atoms with Crippen molar-refractivity contribution in [2.75, 3.05) is 0 Å². The monoisotopic (exact) mass is 148 g/mol. The highest BCUT2D eigenvalue weighted by atomic mass is 16.1. The Morgan fingerprint density at radius 1 is 1.45 bits per heavy atom. The normalized spacial score (nSPS) is 10.2. The Morgan fingerprint density at radius 3 is 3.18 bits per heavy atom. The van der Waals surface area contributed by atoms with Crippen molar-refractivity contribution in [2.24, 2.45) is 0 Å². The fourth-order valence-electron chi connectivity index (χ4n) is 0.795. The van der Waals surface area contributed by atoms with Gasteiger partial charge in [-0.3, -0.25) is 4.79 Å². The number of fused-ring (bicyclic) bond motifs is 1. The van der Waals surface area contributed by atoms with Crippen molar-refractivity contribution < 1.29 is 4.79 Å². The molecule has 0 bridgehead atoms. The predicted octanol–water partition coefficient (Wildman–Crippen LogP) is -0.0632. The predicted molar refractivity (Wildman–Crippen MR) is 36.2 cm³/mol. The lowest BCUT2D eigenvalue weighted by Crippen LogP contribution is -1.92. The Bertz CT molecular complexity index is 394. The maximum atomic E-state index is 10.3. The number of hydrogen-bond acceptors (Lipinski definition) is 4. The van der Waals surface area contributed by atoms with E-state index < -0.39 is 0 Å². The number of rotatable bonds is 1. The van der Waals surface area contributed by atoms with Crippen LogP contribution in [0.2, 0.25) is 0 Å². The molecule has 0 aliphatic rings. The molecule has 0 aromatic carbocycles. The van der Waals surface area contributed by atoms with Gasteiger partial charge in [0.1, 0.15) is 6.33 Å². The number of aromatic nitrogens is 4. The van der Waals surface area contributed by atoms with Crippen LogP contribution in [0.1, 0.15) is 10.4 Å². The van der Waals surface area contributed by atoms with Gasteiger partial charge in [-0.1, -0.05) is 0 Å². The van der Waals surface area contributed by atoms with Crippen molar-refractivity contribution in [3.63, 3.8) is 0 Å². The molecule has 0 saturated heterocycles. The highest BCUT2D eigenvalue weighted by Gasteiger charge is 1.96. The second-order valence-corrected chi connectivity index (χ2v) is 2.01. The van der Waals surface area contributed by atoms with Crippen LogP contribution in [0.15, 0.2) is 18.7 Å². The van der Waals surface area contributed by atoms with E-state index in [2.05, 4.69) is 15.1 Å². The third kappa shape index (κ3) is 0.861. The first kappa shape index (κ1) is 5.96. The second-order valence-electron chi connectivity index (χ2n) is 2.01. The minimum absolute atomic E-state index is 0.489. The van der Waals surface area contributed by atoms with Gasteiger partial charge in [0.25, 0.3) is 5.78 Å².